The van der Waals surface area contributed by atoms with Gasteiger partial charge in [-0.2, -0.15) is 0 Å². The molecule has 3 fully saturated rings. The third-order valence-electron chi connectivity index (χ3n) is 5.13. The smallest absolute Gasteiger partial charge is 0.222 e. The average Bonchev–Trinajstić information content (AvgIpc) is 3.26. The van der Waals surface area contributed by atoms with Gasteiger partial charge in [0.25, 0.3) is 0 Å². The normalized spacial score (nSPS) is 33.4. The van der Waals surface area contributed by atoms with E-state index in [9.17, 15) is 4.79 Å². The van der Waals surface area contributed by atoms with E-state index in [1.165, 1.54) is 25.7 Å². The summed E-state index contributed by atoms with van der Waals surface area (Å²) >= 11 is 0. The maximum atomic E-state index is 12.4. The molecular weight excluding hydrogens is 238 g/mol. The molecule has 1 saturated heterocycles. The van der Waals surface area contributed by atoms with Crippen molar-refractivity contribution in [1.29, 1.82) is 0 Å². The summed E-state index contributed by atoms with van der Waals surface area (Å²) < 4.78 is 0. The fourth-order valence-electron chi connectivity index (χ4n) is 3.62. The summed E-state index contributed by atoms with van der Waals surface area (Å²) in [5, 5.41) is 0. The molecule has 0 aromatic carbocycles. The van der Waals surface area contributed by atoms with Gasteiger partial charge in [-0.1, -0.05) is 12.8 Å². The number of nitrogens with two attached hydrogens (primary N) is 1. The van der Waals surface area contributed by atoms with Gasteiger partial charge in [-0.15, -0.1) is 0 Å². The first-order chi connectivity index (χ1) is 9.24. The van der Waals surface area contributed by atoms with Crippen molar-refractivity contribution >= 4 is 5.91 Å². The second-order valence-corrected chi connectivity index (χ2v) is 6.56. The van der Waals surface area contributed by atoms with Crippen LogP contribution in [-0.2, 0) is 4.79 Å². The van der Waals surface area contributed by atoms with Crippen LogP contribution in [0.1, 0.15) is 44.9 Å². The molecule has 2 N–H and O–H groups in total. The highest BCUT2D eigenvalue weighted by Gasteiger charge is 2.33. The minimum Gasteiger partial charge on any atom is -0.340 e. The van der Waals surface area contributed by atoms with Gasteiger partial charge in [-0.05, 0) is 31.6 Å². The van der Waals surface area contributed by atoms with Crippen molar-refractivity contribution in [1.82, 2.24) is 9.80 Å². The van der Waals surface area contributed by atoms with E-state index < -0.39 is 0 Å². The molecule has 0 radical (unpaired) electrons. The number of hydrogen-bond donors (Lipinski definition) is 1. The Morgan fingerprint density at radius 1 is 1.00 bits per heavy atom. The SMILES string of the molecule is NC1CCCCC1CC(=O)N1CCN(C2CC2)CC1. The van der Waals surface area contributed by atoms with Crippen molar-refractivity contribution in [2.75, 3.05) is 26.2 Å². The van der Waals surface area contributed by atoms with Gasteiger partial charge in [-0.25, -0.2) is 0 Å². The summed E-state index contributed by atoms with van der Waals surface area (Å²) in [4.78, 5) is 17.0. The second kappa shape index (κ2) is 5.80. The summed E-state index contributed by atoms with van der Waals surface area (Å²) in [5.41, 5.74) is 6.15. The molecule has 0 aromatic heterocycles. The number of carbonyl (C=O) groups is 1. The lowest BCUT2D eigenvalue weighted by Gasteiger charge is -2.36. The Bertz CT molecular complexity index is 321. The van der Waals surface area contributed by atoms with Gasteiger partial charge in [0.05, 0.1) is 0 Å². The van der Waals surface area contributed by atoms with E-state index >= 15 is 0 Å². The number of hydrogen-bond acceptors (Lipinski definition) is 3. The molecule has 0 spiro atoms. The van der Waals surface area contributed by atoms with E-state index in [4.69, 9.17) is 5.73 Å². The lowest BCUT2D eigenvalue weighted by molar-refractivity contribution is -0.134. The van der Waals surface area contributed by atoms with Gasteiger partial charge in [0, 0.05) is 44.7 Å². The highest BCUT2D eigenvalue weighted by Crippen LogP contribution is 2.29. The predicted molar refractivity (Wildman–Crippen MR) is 75.7 cm³/mol. The van der Waals surface area contributed by atoms with Crippen LogP contribution in [0.15, 0.2) is 0 Å². The Morgan fingerprint density at radius 3 is 2.32 bits per heavy atom. The Hall–Kier alpha value is -0.610. The van der Waals surface area contributed by atoms with Gasteiger partial charge in [0.15, 0.2) is 0 Å². The molecule has 3 rings (SSSR count). The van der Waals surface area contributed by atoms with Crippen LogP contribution in [0.2, 0.25) is 0 Å². The number of rotatable bonds is 3. The van der Waals surface area contributed by atoms with E-state index in [-0.39, 0.29) is 6.04 Å². The Balaban J connectivity index is 1.45. The summed E-state index contributed by atoms with van der Waals surface area (Å²) in [6, 6.07) is 1.09. The molecule has 0 bridgehead atoms. The number of amides is 1. The van der Waals surface area contributed by atoms with Crippen molar-refractivity contribution in [2.24, 2.45) is 11.7 Å². The Morgan fingerprint density at radius 2 is 1.68 bits per heavy atom. The lowest BCUT2D eigenvalue weighted by Crippen LogP contribution is -2.50. The largest absolute Gasteiger partial charge is 0.340 e. The van der Waals surface area contributed by atoms with Crippen LogP contribution in [0.3, 0.4) is 0 Å². The first-order valence-electron chi connectivity index (χ1n) is 8.01. The van der Waals surface area contributed by atoms with Crippen molar-refractivity contribution in [3.8, 4) is 0 Å². The van der Waals surface area contributed by atoms with Gasteiger partial charge in [-0.3, -0.25) is 9.69 Å². The van der Waals surface area contributed by atoms with E-state index in [2.05, 4.69) is 9.80 Å². The topological polar surface area (TPSA) is 49.6 Å². The van der Waals surface area contributed by atoms with E-state index in [0.29, 0.717) is 18.2 Å². The fourth-order valence-corrected chi connectivity index (χ4v) is 3.62. The summed E-state index contributed by atoms with van der Waals surface area (Å²) in [5.74, 6) is 0.778. The lowest BCUT2D eigenvalue weighted by atomic mass is 9.82. The Labute approximate surface area is 116 Å². The molecule has 2 saturated carbocycles. The second-order valence-electron chi connectivity index (χ2n) is 6.56. The predicted octanol–water partition coefficient (Wildman–Crippen LogP) is 1.20. The van der Waals surface area contributed by atoms with Crippen LogP contribution >= 0.6 is 0 Å². The molecule has 2 aliphatic carbocycles. The highest BCUT2D eigenvalue weighted by molar-refractivity contribution is 5.76. The summed E-state index contributed by atoms with van der Waals surface area (Å²) in [6.45, 7) is 4.01. The molecule has 108 valence electrons. The van der Waals surface area contributed by atoms with Crippen molar-refractivity contribution in [3.05, 3.63) is 0 Å². The number of carbonyl (C=O) groups excluding carboxylic acids is 1. The minimum atomic E-state index is 0.255. The van der Waals surface area contributed by atoms with Gasteiger partial charge < -0.3 is 10.6 Å². The first kappa shape index (κ1) is 13.4. The molecule has 0 aromatic rings. The zero-order valence-electron chi connectivity index (χ0n) is 11.9. The molecule has 1 heterocycles. The molecule has 4 heteroatoms. The summed E-state index contributed by atoms with van der Waals surface area (Å²) in [7, 11) is 0. The van der Waals surface area contributed by atoms with Crippen LogP contribution < -0.4 is 5.73 Å². The van der Waals surface area contributed by atoms with Gasteiger partial charge >= 0.3 is 0 Å². The van der Waals surface area contributed by atoms with E-state index in [1.54, 1.807) is 0 Å². The maximum absolute atomic E-state index is 12.4. The maximum Gasteiger partial charge on any atom is 0.222 e. The zero-order chi connectivity index (χ0) is 13.2. The molecule has 19 heavy (non-hydrogen) atoms. The van der Waals surface area contributed by atoms with Crippen LogP contribution in [0.4, 0.5) is 0 Å². The van der Waals surface area contributed by atoms with Gasteiger partial charge in [0.2, 0.25) is 5.91 Å². The van der Waals surface area contributed by atoms with Crippen molar-refractivity contribution in [2.45, 2.75) is 57.0 Å². The van der Waals surface area contributed by atoms with Crippen LogP contribution in [0.5, 0.6) is 0 Å². The third-order valence-corrected chi connectivity index (χ3v) is 5.13. The molecule has 1 amide bonds. The number of piperazine rings is 1. The molecule has 2 atom stereocenters. The molecular formula is C15H27N3O. The third kappa shape index (κ3) is 3.29. The van der Waals surface area contributed by atoms with E-state index in [0.717, 1.165) is 45.1 Å². The van der Waals surface area contributed by atoms with E-state index in [1.807, 2.05) is 0 Å². The minimum absolute atomic E-state index is 0.255. The molecule has 3 aliphatic rings. The Kier molecular flexibility index (Phi) is 4.08. The first-order valence-corrected chi connectivity index (χ1v) is 8.01. The van der Waals surface area contributed by atoms with Gasteiger partial charge in [0.1, 0.15) is 0 Å². The standard InChI is InChI=1S/C15H27N3O/c16-14-4-2-1-3-12(14)11-15(19)18-9-7-17(8-10-18)13-5-6-13/h12-14H,1-11,16H2. The highest BCUT2D eigenvalue weighted by atomic mass is 16.2. The zero-order valence-corrected chi connectivity index (χ0v) is 11.9. The monoisotopic (exact) mass is 265 g/mol. The van der Waals surface area contributed by atoms with Crippen LogP contribution in [-0.4, -0.2) is 54.0 Å². The summed E-state index contributed by atoms with van der Waals surface area (Å²) in [6.07, 6.45) is 8.16. The average molecular weight is 265 g/mol. The van der Waals surface area contributed by atoms with Crippen molar-refractivity contribution in [3.63, 3.8) is 0 Å². The molecule has 1 aliphatic heterocycles. The fraction of sp³-hybridized carbons (Fsp3) is 0.933. The van der Waals surface area contributed by atoms with Crippen LogP contribution in [0, 0.1) is 5.92 Å². The van der Waals surface area contributed by atoms with Crippen molar-refractivity contribution < 1.29 is 4.79 Å². The van der Waals surface area contributed by atoms with Crippen LogP contribution in [0.25, 0.3) is 0 Å². The quantitative estimate of drug-likeness (QED) is 0.834. The molecule has 2 unspecified atom stereocenters. The number of nitrogens with zero attached hydrogens (tertiary/aromatic N) is 2. The molecule has 4 nitrogen and oxygen atoms in total.